The maximum atomic E-state index is 11.3. The van der Waals surface area contributed by atoms with E-state index in [-0.39, 0.29) is 12.6 Å². The highest BCUT2D eigenvalue weighted by Crippen LogP contribution is 2.24. The normalized spacial score (nSPS) is 10.4. The minimum absolute atomic E-state index is 0.279. The lowest BCUT2D eigenvalue weighted by Crippen LogP contribution is -2.09. The number of carbonyl (C=O) groups excluding carboxylic acids is 2. The molecule has 0 fully saturated rings. The number of carbonyl (C=O) groups is 2. The van der Waals surface area contributed by atoms with Gasteiger partial charge in [0.05, 0.1) is 19.5 Å². The van der Waals surface area contributed by atoms with Gasteiger partial charge < -0.3 is 18.9 Å². The Morgan fingerprint density at radius 2 is 1.31 bits per heavy atom. The van der Waals surface area contributed by atoms with Crippen molar-refractivity contribution in [1.29, 1.82) is 0 Å². The van der Waals surface area contributed by atoms with Gasteiger partial charge in [0.25, 0.3) is 0 Å². The van der Waals surface area contributed by atoms with Crippen molar-refractivity contribution < 1.29 is 28.5 Å². The highest BCUT2D eigenvalue weighted by Gasteiger charge is 2.03. The molecular formula is C26H28O6. The molecule has 6 nitrogen and oxygen atoms in total. The largest absolute Gasteiger partial charge is 0.493 e. The first-order valence-corrected chi connectivity index (χ1v) is 10.2. The van der Waals surface area contributed by atoms with E-state index >= 15 is 0 Å². The van der Waals surface area contributed by atoms with Crippen LogP contribution in [-0.4, -0.2) is 31.8 Å². The average Bonchev–Trinajstić information content (AvgIpc) is 2.79. The highest BCUT2D eigenvalue weighted by molar-refractivity contribution is 5.87. The number of hydrogen-bond donors (Lipinski definition) is 0. The molecule has 2 aromatic rings. The Kier molecular flexibility index (Phi) is 9.78. The molecule has 0 amide bonds. The van der Waals surface area contributed by atoms with Crippen molar-refractivity contribution in [1.82, 2.24) is 0 Å². The SMILES string of the molecule is C=C(C)C(=O)O/C=C/COc1ccc(-c2ccc(OCCCOC(=O)C(=C)C)cc2)cc1. The van der Waals surface area contributed by atoms with Gasteiger partial charge >= 0.3 is 11.9 Å². The third-order valence-electron chi connectivity index (χ3n) is 4.15. The Balaban J connectivity index is 1.75. The lowest BCUT2D eigenvalue weighted by atomic mass is 10.1. The summed E-state index contributed by atoms with van der Waals surface area (Å²) in [5.74, 6) is 0.605. The number of rotatable bonds is 12. The molecule has 0 aliphatic rings. The van der Waals surface area contributed by atoms with Crippen LogP contribution in [0.5, 0.6) is 11.5 Å². The predicted octanol–water partition coefficient (Wildman–Crippen LogP) is 5.25. The molecule has 6 heteroatoms. The number of hydrogen-bond acceptors (Lipinski definition) is 6. The van der Waals surface area contributed by atoms with E-state index in [1.165, 1.54) is 6.26 Å². The van der Waals surface area contributed by atoms with Gasteiger partial charge in [-0.25, -0.2) is 9.59 Å². The lowest BCUT2D eigenvalue weighted by molar-refractivity contribution is -0.139. The van der Waals surface area contributed by atoms with Crippen LogP contribution in [-0.2, 0) is 19.1 Å². The third kappa shape index (κ3) is 8.52. The van der Waals surface area contributed by atoms with E-state index < -0.39 is 5.97 Å². The van der Waals surface area contributed by atoms with Crippen LogP contribution in [0.3, 0.4) is 0 Å². The maximum absolute atomic E-state index is 11.3. The van der Waals surface area contributed by atoms with Crippen LogP contribution in [0.25, 0.3) is 11.1 Å². The zero-order chi connectivity index (χ0) is 23.3. The van der Waals surface area contributed by atoms with E-state index in [1.54, 1.807) is 19.9 Å². The molecule has 168 valence electrons. The smallest absolute Gasteiger partial charge is 0.337 e. The summed E-state index contributed by atoms with van der Waals surface area (Å²) in [7, 11) is 0. The van der Waals surface area contributed by atoms with E-state index in [9.17, 15) is 9.59 Å². The maximum Gasteiger partial charge on any atom is 0.337 e. The van der Waals surface area contributed by atoms with Crippen molar-refractivity contribution in [2.75, 3.05) is 19.8 Å². The van der Waals surface area contributed by atoms with Gasteiger partial charge in [-0.3, -0.25) is 0 Å². The quantitative estimate of drug-likeness (QED) is 0.196. The monoisotopic (exact) mass is 436 g/mol. The van der Waals surface area contributed by atoms with Gasteiger partial charge in [0.2, 0.25) is 0 Å². The molecule has 0 aliphatic heterocycles. The molecule has 32 heavy (non-hydrogen) atoms. The first-order valence-electron chi connectivity index (χ1n) is 10.2. The van der Waals surface area contributed by atoms with Crippen molar-refractivity contribution in [3.8, 4) is 22.6 Å². The highest BCUT2D eigenvalue weighted by atomic mass is 16.5. The third-order valence-corrected chi connectivity index (χ3v) is 4.15. The molecule has 2 aromatic carbocycles. The van der Waals surface area contributed by atoms with Gasteiger partial charge in [0, 0.05) is 17.6 Å². The van der Waals surface area contributed by atoms with E-state index in [0.29, 0.717) is 36.5 Å². The first-order chi connectivity index (χ1) is 15.4. The summed E-state index contributed by atoms with van der Waals surface area (Å²) in [5, 5.41) is 0. The standard InChI is InChI=1S/C26H28O6/c1-19(2)25(27)31-17-5-15-29-23-11-7-21(8-12-23)22-9-13-24(14-10-22)30-16-6-18-32-26(28)20(3)4/h5,7-14,17H,1,3,6,15-16,18H2,2,4H3/b17-5+. The van der Waals surface area contributed by atoms with Crippen LogP contribution in [0.15, 0.2) is 85.2 Å². The zero-order valence-corrected chi connectivity index (χ0v) is 18.5. The summed E-state index contributed by atoms with van der Waals surface area (Å²) in [4.78, 5) is 22.5. The summed E-state index contributed by atoms with van der Waals surface area (Å²) < 4.78 is 21.1. The molecule has 0 saturated carbocycles. The fourth-order valence-electron chi connectivity index (χ4n) is 2.42. The minimum atomic E-state index is -0.467. The Bertz CT molecular complexity index is 955. The molecule has 0 heterocycles. The Hall–Kier alpha value is -3.80. The van der Waals surface area contributed by atoms with Crippen LogP contribution < -0.4 is 9.47 Å². The Morgan fingerprint density at radius 1 is 0.781 bits per heavy atom. The van der Waals surface area contributed by atoms with Gasteiger partial charge in [-0.2, -0.15) is 0 Å². The van der Waals surface area contributed by atoms with Gasteiger partial charge in [0.15, 0.2) is 0 Å². The van der Waals surface area contributed by atoms with Crippen LogP contribution in [0, 0.1) is 0 Å². The van der Waals surface area contributed by atoms with Crippen LogP contribution in [0.2, 0.25) is 0 Å². The molecular weight excluding hydrogens is 408 g/mol. The second-order valence-corrected chi connectivity index (χ2v) is 7.04. The average molecular weight is 437 g/mol. The molecule has 0 saturated heterocycles. The van der Waals surface area contributed by atoms with Crippen LogP contribution >= 0.6 is 0 Å². The second-order valence-electron chi connectivity index (χ2n) is 7.04. The summed E-state index contributed by atoms with van der Waals surface area (Å²) >= 11 is 0. The summed E-state index contributed by atoms with van der Waals surface area (Å²) in [6.07, 6.45) is 3.51. The zero-order valence-electron chi connectivity index (χ0n) is 18.5. The number of ether oxygens (including phenoxy) is 4. The van der Waals surface area contributed by atoms with E-state index in [4.69, 9.17) is 18.9 Å². The minimum Gasteiger partial charge on any atom is -0.493 e. The van der Waals surface area contributed by atoms with Gasteiger partial charge in [-0.1, -0.05) is 37.4 Å². The van der Waals surface area contributed by atoms with Crippen LogP contribution in [0.1, 0.15) is 20.3 Å². The molecule has 0 N–H and O–H groups in total. The van der Waals surface area contributed by atoms with Crippen molar-refractivity contribution in [2.24, 2.45) is 0 Å². The summed E-state index contributed by atoms with van der Waals surface area (Å²) in [6, 6.07) is 15.4. The fraction of sp³-hybridized carbons (Fsp3) is 0.231. The van der Waals surface area contributed by atoms with Crippen LogP contribution in [0.4, 0.5) is 0 Å². The Morgan fingerprint density at radius 3 is 1.84 bits per heavy atom. The van der Waals surface area contributed by atoms with Crippen molar-refractivity contribution in [2.45, 2.75) is 20.3 Å². The first kappa shape index (κ1) is 24.5. The summed E-state index contributed by atoms with van der Waals surface area (Å²) in [5.41, 5.74) is 2.82. The van der Waals surface area contributed by atoms with Gasteiger partial charge in [0.1, 0.15) is 18.1 Å². The molecule has 0 bridgehead atoms. The molecule has 0 atom stereocenters. The second kappa shape index (κ2) is 12.8. The van der Waals surface area contributed by atoms with E-state index in [0.717, 1.165) is 16.9 Å². The Labute approximate surface area is 188 Å². The van der Waals surface area contributed by atoms with Gasteiger partial charge in [-0.15, -0.1) is 0 Å². The molecule has 0 radical (unpaired) electrons. The topological polar surface area (TPSA) is 71.1 Å². The lowest BCUT2D eigenvalue weighted by Gasteiger charge is -2.09. The van der Waals surface area contributed by atoms with Crippen molar-refractivity contribution in [3.63, 3.8) is 0 Å². The number of esters is 2. The van der Waals surface area contributed by atoms with E-state index in [2.05, 4.69) is 13.2 Å². The van der Waals surface area contributed by atoms with Crippen molar-refractivity contribution in [3.05, 3.63) is 85.2 Å². The van der Waals surface area contributed by atoms with Crippen molar-refractivity contribution >= 4 is 11.9 Å². The molecule has 0 aromatic heterocycles. The fourth-order valence-corrected chi connectivity index (χ4v) is 2.42. The van der Waals surface area contributed by atoms with E-state index in [1.807, 2.05) is 48.5 Å². The molecule has 2 rings (SSSR count). The molecule has 0 spiro atoms. The molecule has 0 aliphatic carbocycles. The van der Waals surface area contributed by atoms with Gasteiger partial charge in [-0.05, 0) is 55.3 Å². The number of benzene rings is 2. The predicted molar refractivity (Wildman–Crippen MR) is 123 cm³/mol. The summed E-state index contributed by atoms with van der Waals surface area (Å²) in [6.45, 7) is 11.3. The molecule has 0 unspecified atom stereocenters.